The van der Waals surface area contributed by atoms with E-state index in [9.17, 15) is 0 Å². The molecule has 23 heavy (non-hydrogen) atoms. The van der Waals surface area contributed by atoms with Gasteiger partial charge in [0.2, 0.25) is 0 Å². The van der Waals surface area contributed by atoms with Crippen molar-refractivity contribution >= 4 is 11.2 Å². The highest BCUT2D eigenvalue weighted by Gasteiger charge is 2.28. The zero-order chi connectivity index (χ0) is 17.0. The van der Waals surface area contributed by atoms with Crippen molar-refractivity contribution in [2.24, 2.45) is 0 Å². The van der Waals surface area contributed by atoms with E-state index in [0.717, 1.165) is 28.4 Å². The summed E-state index contributed by atoms with van der Waals surface area (Å²) in [5.41, 5.74) is 5.20. The number of nitrogens with zero attached hydrogens (tertiary/aromatic N) is 3. The maximum Gasteiger partial charge on any atom is 0.161 e. The van der Waals surface area contributed by atoms with E-state index in [1.54, 1.807) is 0 Å². The van der Waals surface area contributed by atoms with Gasteiger partial charge in [0.25, 0.3) is 0 Å². The van der Waals surface area contributed by atoms with Crippen LogP contribution in [0.3, 0.4) is 0 Å². The Labute approximate surface area is 137 Å². The van der Waals surface area contributed by atoms with Crippen LogP contribution in [0.1, 0.15) is 58.6 Å². The SMILES string of the molecule is Cc1ccc(-n2nc(C(C)(C)C)c3nc(C(C)(C)C)[nH]c32)cc1. The Morgan fingerprint density at radius 2 is 1.52 bits per heavy atom. The number of nitrogens with one attached hydrogen (secondary N) is 1. The quantitative estimate of drug-likeness (QED) is 0.711. The normalized spacial score (nSPS) is 13.0. The van der Waals surface area contributed by atoms with Gasteiger partial charge in [-0.2, -0.15) is 5.10 Å². The molecule has 0 spiro atoms. The highest BCUT2D eigenvalue weighted by atomic mass is 15.3. The van der Waals surface area contributed by atoms with Gasteiger partial charge in [-0.25, -0.2) is 9.67 Å². The molecule has 0 fully saturated rings. The largest absolute Gasteiger partial charge is 0.326 e. The van der Waals surface area contributed by atoms with Gasteiger partial charge in [-0.3, -0.25) is 0 Å². The van der Waals surface area contributed by atoms with E-state index in [1.165, 1.54) is 5.56 Å². The number of benzene rings is 1. The predicted molar refractivity (Wildman–Crippen MR) is 95.4 cm³/mol. The molecule has 1 N–H and O–H groups in total. The van der Waals surface area contributed by atoms with Crippen LogP contribution in [0.5, 0.6) is 0 Å². The minimum Gasteiger partial charge on any atom is -0.326 e. The van der Waals surface area contributed by atoms with E-state index >= 15 is 0 Å². The topological polar surface area (TPSA) is 46.5 Å². The summed E-state index contributed by atoms with van der Waals surface area (Å²) >= 11 is 0. The molecule has 0 unspecified atom stereocenters. The lowest BCUT2D eigenvalue weighted by molar-refractivity contribution is 0.545. The molecule has 0 radical (unpaired) electrons. The third kappa shape index (κ3) is 2.78. The van der Waals surface area contributed by atoms with Crippen LogP contribution in [0.25, 0.3) is 16.9 Å². The molecule has 2 heterocycles. The molecule has 0 saturated carbocycles. The maximum atomic E-state index is 4.88. The highest BCUT2D eigenvalue weighted by molar-refractivity contribution is 5.78. The predicted octanol–water partition coefficient (Wildman–Crippen LogP) is 4.65. The van der Waals surface area contributed by atoms with Crippen molar-refractivity contribution in [3.63, 3.8) is 0 Å². The van der Waals surface area contributed by atoms with Crippen LogP contribution in [-0.4, -0.2) is 19.7 Å². The molecular weight excluding hydrogens is 284 g/mol. The molecule has 3 aromatic rings. The van der Waals surface area contributed by atoms with Crippen LogP contribution in [0.2, 0.25) is 0 Å². The van der Waals surface area contributed by atoms with Gasteiger partial charge < -0.3 is 4.98 Å². The maximum absolute atomic E-state index is 4.88. The Kier molecular flexibility index (Phi) is 3.40. The van der Waals surface area contributed by atoms with Gasteiger partial charge in [0.1, 0.15) is 11.3 Å². The number of H-pyrrole nitrogens is 1. The lowest BCUT2D eigenvalue weighted by Crippen LogP contribution is -2.16. The van der Waals surface area contributed by atoms with Crippen molar-refractivity contribution in [1.29, 1.82) is 0 Å². The number of aromatic amines is 1. The van der Waals surface area contributed by atoms with Crippen LogP contribution < -0.4 is 0 Å². The number of aromatic nitrogens is 4. The smallest absolute Gasteiger partial charge is 0.161 e. The van der Waals surface area contributed by atoms with Crippen molar-refractivity contribution in [2.75, 3.05) is 0 Å². The average molecular weight is 310 g/mol. The Morgan fingerprint density at radius 3 is 2.04 bits per heavy atom. The third-order valence-corrected chi connectivity index (χ3v) is 4.02. The first-order valence-electron chi connectivity index (χ1n) is 8.14. The number of rotatable bonds is 1. The summed E-state index contributed by atoms with van der Waals surface area (Å²) in [7, 11) is 0. The molecule has 0 atom stereocenters. The molecule has 3 rings (SSSR count). The number of hydrogen-bond acceptors (Lipinski definition) is 2. The minimum atomic E-state index is -0.0570. The van der Waals surface area contributed by atoms with Gasteiger partial charge >= 0.3 is 0 Å². The Hall–Kier alpha value is -2.10. The summed E-state index contributed by atoms with van der Waals surface area (Å²) in [5.74, 6) is 0.997. The zero-order valence-electron chi connectivity index (χ0n) is 15.2. The van der Waals surface area contributed by atoms with E-state index in [2.05, 4.69) is 77.7 Å². The van der Waals surface area contributed by atoms with Crippen molar-refractivity contribution in [2.45, 2.75) is 59.3 Å². The molecule has 1 aromatic carbocycles. The molecule has 0 saturated heterocycles. The van der Waals surface area contributed by atoms with Gasteiger partial charge in [0.15, 0.2) is 5.65 Å². The van der Waals surface area contributed by atoms with Crippen LogP contribution in [0.15, 0.2) is 24.3 Å². The van der Waals surface area contributed by atoms with E-state index in [0.29, 0.717) is 0 Å². The van der Waals surface area contributed by atoms with E-state index in [1.807, 2.05) is 4.68 Å². The second-order valence-corrected chi connectivity index (χ2v) is 8.38. The molecule has 4 heteroatoms. The summed E-state index contributed by atoms with van der Waals surface area (Å²) in [4.78, 5) is 8.37. The second-order valence-electron chi connectivity index (χ2n) is 8.38. The van der Waals surface area contributed by atoms with Crippen LogP contribution in [-0.2, 0) is 10.8 Å². The van der Waals surface area contributed by atoms with Gasteiger partial charge in [-0.15, -0.1) is 0 Å². The molecule has 122 valence electrons. The Balaban J connectivity index is 2.29. The summed E-state index contributed by atoms with van der Waals surface area (Å²) in [5, 5.41) is 4.87. The van der Waals surface area contributed by atoms with Gasteiger partial charge in [0, 0.05) is 10.8 Å². The first kappa shape index (κ1) is 15.8. The third-order valence-electron chi connectivity index (χ3n) is 4.02. The number of fused-ring (bicyclic) bond motifs is 1. The fourth-order valence-corrected chi connectivity index (χ4v) is 2.61. The van der Waals surface area contributed by atoms with Gasteiger partial charge in [-0.05, 0) is 19.1 Å². The molecule has 0 bridgehead atoms. The number of hydrogen-bond donors (Lipinski definition) is 1. The van der Waals surface area contributed by atoms with Crippen molar-refractivity contribution in [1.82, 2.24) is 19.7 Å². The van der Waals surface area contributed by atoms with Crippen LogP contribution in [0.4, 0.5) is 0 Å². The monoisotopic (exact) mass is 310 g/mol. The fourth-order valence-electron chi connectivity index (χ4n) is 2.61. The first-order valence-corrected chi connectivity index (χ1v) is 8.14. The van der Waals surface area contributed by atoms with Crippen LogP contribution in [0, 0.1) is 6.92 Å². The van der Waals surface area contributed by atoms with E-state index in [-0.39, 0.29) is 10.8 Å². The molecule has 4 nitrogen and oxygen atoms in total. The highest BCUT2D eigenvalue weighted by Crippen LogP contribution is 2.32. The zero-order valence-corrected chi connectivity index (χ0v) is 15.2. The van der Waals surface area contributed by atoms with Crippen molar-refractivity contribution in [3.05, 3.63) is 41.3 Å². The molecular formula is C19H26N4. The lowest BCUT2D eigenvalue weighted by Gasteiger charge is -2.16. The van der Waals surface area contributed by atoms with E-state index in [4.69, 9.17) is 10.1 Å². The van der Waals surface area contributed by atoms with Crippen LogP contribution >= 0.6 is 0 Å². The van der Waals surface area contributed by atoms with Gasteiger partial charge in [0.05, 0.1) is 11.4 Å². The minimum absolute atomic E-state index is 0.0215. The molecule has 0 aliphatic carbocycles. The summed E-state index contributed by atoms with van der Waals surface area (Å²) in [6.07, 6.45) is 0. The molecule has 2 aromatic heterocycles. The second kappa shape index (κ2) is 4.95. The van der Waals surface area contributed by atoms with Crippen molar-refractivity contribution in [3.8, 4) is 5.69 Å². The van der Waals surface area contributed by atoms with Crippen molar-refractivity contribution < 1.29 is 0 Å². The summed E-state index contributed by atoms with van der Waals surface area (Å²) in [6.45, 7) is 15.2. The molecule has 0 aliphatic heterocycles. The average Bonchev–Trinajstić information content (AvgIpc) is 2.96. The lowest BCUT2D eigenvalue weighted by atomic mass is 9.92. The summed E-state index contributed by atoms with van der Waals surface area (Å²) < 4.78 is 1.98. The fraction of sp³-hybridized carbons (Fsp3) is 0.474. The van der Waals surface area contributed by atoms with Gasteiger partial charge in [-0.1, -0.05) is 59.2 Å². The molecule has 0 aliphatic rings. The number of imidazole rings is 1. The first-order chi connectivity index (χ1) is 10.6. The van der Waals surface area contributed by atoms with E-state index < -0.39 is 0 Å². The number of aryl methyl sites for hydroxylation is 1. The Bertz CT molecular complexity index is 836. The Morgan fingerprint density at radius 1 is 0.913 bits per heavy atom. The summed E-state index contributed by atoms with van der Waals surface area (Å²) in [6, 6.07) is 8.43. The molecule has 0 amide bonds. The standard InChI is InChI=1S/C19H26N4/c1-12-8-10-13(11-9-12)23-16-14(15(22-23)18(2,3)4)20-17(21-16)19(5,6)7/h8-11H,1-7H3,(H,20,21).